The lowest BCUT2D eigenvalue weighted by Crippen LogP contribution is -2.34. The highest BCUT2D eigenvalue weighted by Gasteiger charge is 2.19. The van der Waals surface area contributed by atoms with Crippen LogP contribution in [-0.4, -0.2) is 36.8 Å². The molecule has 0 saturated heterocycles. The van der Waals surface area contributed by atoms with Crippen LogP contribution in [0.25, 0.3) is 0 Å². The van der Waals surface area contributed by atoms with Crippen molar-refractivity contribution in [1.29, 1.82) is 0 Å². The number of carbonyl (C=O) groups is 1. The Balaban J connectivity index is 1.77. The van der Waals surface area contributed by atoms with E-state index < -0.39 is 4.92 Å². The lowest BCUT2D eigenvalue weighted by Gasteiger charge is -2.24. The van der Waals surface area contributed by atoms with Crippen molar-refractivity contribution in [2.75, 3.05) is 36.2 Å². The van der Waals surface area contributed by atoms with E-state index in [1.54, 1.807) is 11.8 Å². The Hall–Kier alpha value is -2.74. The van der Waals surface area contributed by atoms with Gasteiger partial charge >= 0.3 is 0 Å². The van der Waals surface area contributed by atoms with Gasteiger partial charge in [0.1, 0.15) is 5.75 Å². The second kappa shape index (κ2) is 8.09. The number of carbonyl (C=O) groups excluding carboxylic acids is 1. The molecule has 1 amide bonds. The Morgan fingerprint density at radius 1 is 1.35 bits per heavy atom. The molecule has 0 atom stereocenters. The highest BCUT2D eigenvalue weighted by molar-refractivity contribution is 7.99. The van der Waals surface area contributed by atoms with Gasteiger partial charge in [0.15, 0.2) is 0 Å². The highest BCUT2D eigenvalue weighted by atomic mass is 32.2. The van der Waals surface area contributed by atoms with Crippen molar-refractivity contribution in [3.05, 3.63) is 52.6 Å². The number of hydrogen-bond acceptors (Lipinski definition) is 6. The zero-order chi connectivity index (χ0) is 18.5. The average molecular weight is 373 g/mol. The minimum Gasteiger partial charge on any atom is -0.495 e. The molecule has 0 bridgehead atoms. The number of non-ortho nitro benzene ring substituents is 1. The first-order valence-corrected chi connectivity index (χ1v) is 9.16. The number of benzene rings is 2. The fraction of sp³-hybridized carbons (Fsp3) is 0.278. The summed E-state index contributed by atoms with van der Waals surface area (Å²) in [6, 6.07) is 12.1. The van der Waals surface area contributed by atoms with E-state index in [0.717, 1.165) is 29.3 Å². The van der Waals surface area contributed by atoms with Gasteiger partial charge in [-0.25, -0.2) is 0 Å². The van der Waals surface area contributed by atoms with Crippen LogP contribution in [0.4, 0.5) is 17.1 Å². The minimum atomic E-state index is -0.503. The van der Waals surface area contributed by atoms with Crippen molar-refractivity contribution < 1.29 is 14.5 Å². The van der Waals surface area contributed by atoms with E-state index in [-0.39, 0.29) is 18.1 Å². The smallest absolute Gasteiger partial charge is 0.271 e. The zero-order valence-corrected chi connectivity index (χ0v) is 15.1. The quantitative estimate of drug-likeness (QED) is 0.637. The van der Waals surface area contributed by atoms with Crippen LogP contribution < -0.4 is 15.0 Å². The maximum Gasteiger partial charge on any atom is 0.271 e. The maximum absolute atomic E-state index is 12.6. The van der Waals surface area contributed by atoms with Crippen LogP contribution in [0, 0.1) is 10.1 Å². The lowest BCUT2D eigenvalue weighted by molar-refractivity contribution is -0.384. The Bertz CT molecular complexity index is 828. The molecular formula is C18H19N3O4S. The summed E-state index contributed by atoms with van der Waals surface area (Å²) in [6.07, 6.45) is 0.979. The number of fused-ring (bicyclic) bond motifs is 1. The van der Waals surface area contributed by atoms with E-state index in [0.29, 0.717) is 11.4 Å². The molecule has 8 heteroatoms. The van der Waals surface area contributed by atoms with Gasteiger partial charge in [-0.2, -0.15) is 0 Å². The van der Waals surface area contributed by atoms with Crippen molar-refractivity contribution >= 4 is 34.7 Å². The second-order valence-electron chi connectivity index (χ2n) is 5.78. The van der Waals surface area contributed by atoms with E-state index in [2.05, 4.69) is 11.4 Å². The van der Waals surface area contributed by atoms with Crippen molar-refractivity contribution in [1.82, 2.24) is 0 Å². The monoisotopic (exact) mass is 373 g/mol. The van der Waals surface area contributed by atoms with Crippen LogP contribution >= 0.6 is 11.8 Å². The van der Waals surface area contributed by atoms with Crippen LogP contribution in [-0.2, 0) is 4.79 Å². The molecule has 1 aliphatic heterocycles. The summed E-state index contributed by atoms with van der Waals surface area (Å²) in [4.78, 5) is 26.2. The van der Waals surface area contributed by atoms with E-state index >= 15 is 0 Å². The standard InChI is InChI=1S/C18H19N3O4S/c1-25-16-8-7-13(21(23)24)11-14(16)19-18(22)12-20-9-4-10-26-17-6-3-2-5-15(17)20/h2-3,5-8,11H,4,9-10,12H2,1H3,(H,19,22). The number of hydrogen-bond donors (Lipinski definition) is 1. The molecule has 1 aliphatic rings. The molecule has 0 saturated carbocycles. The summed E-state index contributed by atoms with van der Waals surface area (Å²) >= 11 is 1.79. The number of para-hydroxylation sites is 1. The number of nitro benzene ring substituents is 1. The van der Waals surface area contributed by atoms with E-state index in [9.17, 15) is 14.9 Å². The minimum absolute atomic E-state index is 0.0994. The first-order chi connectivity index (χ1) is 12.6. The summed E-state index contributed by atoms with van der Waals surface area (Å²) in [5, 5.41) is 13.7. The van der Waals surface area contributed by atoms with Gasteiger partial charge in [0.25, 0.3) is 5.69 Å². The molecule has 7 nitrogen and oxygen atoms in total. The predicted molar refractivity (Wildman–Crippen MR) is 102 cm³/mol. The van der Waals surface area contributed by atoms with Crippen molar-refractivity contribution in [2.45, 2.75) is 11.3 Å². The third-order valence-corrected chi connectivity index (χ3v) is 5.19. The van der Waals surface area contributed by atoms with Crippen LogP contribution in [0.5, 0.6) is 5.75 Å². The van der Waals surface area contributed by atoms with E-state index in [1.165, 1.54) is 25.3 Å². The first-order valence-electron chi connectivity index (χ1n) is 8.17. The van der Waals surface area contributed by atoms with E-state index in [1.807, 2.05) is 23.1 Å². The summed E-state index contributed by atoms with van der Waals surface area (Å²) < 4.78 is 5.19. The summed E-state index contributed by atoms with van der Waals surface area (Å²) in [7, 11) is 1.46. The molecule has 1 N–H and O–H groups in total. The van der Waals surface area contributed by atoms with Crippen molar-refractivity contribution in [3.63, 3.8) is 0 Å². The summed E-state index contributed by atoms with van der Waals surface area (Å²) in [5.41, 5.74) is 1.23. The van der Waals surface area contributed by atoms with Crippen molar-refractivity contribution in [3.8, 4) is 5.75 Å². The zero-order valence-electron chi connectivity index (χ0n) is 14.3. The largest absolute Gasteiger partial charge is 0.495 e. The Morgan fingerprint density at radius 3 is 2.92 bits per heavy atom. The Kier molecular flexibility index (Phi) is 5.62. The van der Waals surface area contributed by atoms with Gasteiger partial charge in [-0.3, -0.25) is 14.9 Å². The van der Waals surface area contributed by atoms with Gasteiger partial charge in [0, 0.05) is 23.6 Å². The third kappa shape index (κ3) is 4.08. The number of ether oxygens (including phenoxy) is 1. The third-order valence-electron chi connectivity index (χ3n) is 4.04. The normalized spacial score (nSPS) is 13.5. The molecule has 0 aromatic heterocycles. The Labute approximate surface area is 155 Å². The summed E-state index contributed by atoms with van der Waals surface area (Å²) in [6.45, 7) is 0.951. The van der Waals surface area contributed by atoms with Crippen LogP contribution in [0.2, 0.25) is 0 Å². The fourth-order valence-electron chi connectivity index (χ4n) is 2.83. The highest BCUT2D eigenvalue weighted by Crippen LogP contribution is 2.33. The van der Waals surface area contributed by atoms with Gasteiger partial charge in [0.05, 0.1) is 30.0 Å². The second-order valence-corrected chi connectivity index (χ2v) is 6.92. The van der Waals surface area contributed by atoms with Gasteiger partial charge in [-0.15, -0.1) is 11.8 Å². The molecule has 0 spiro atoms. The first kappa shape index (κ1) is 18.1. The van der Waals surface area contributed by atoms with Crippen LogP contribution in [0.15, 0.2) is 47.4 Å². The summed E-state index contributed by atoms with van der Waals surface area (Å²) in [5.74, 6) is 1.15. The molecule has 0 unspecified atom stereocenters. The molecule has 0 aliphatic carbocycles. The topological polar surface area (TPSA) is 84.7 Å². The van der Waals surface area contributed by atoms with E-state index in [4.69, 9.17) is 4.74 Å². The number of nitro groups is 1. The van der Waals surface area contributed by atoms with Gasteiger partial charge in [-0.05, 0) is 30.4 Å². The number of anilines is 2. The fourth-order valence-corrected chi connectivity index (χ4v) is 3.85. The lowest BCUT2D eigenvalue weighted by atomic mass is 10.2. The molecule has 0 fully saturated rings. The molecular weight excluding hydrogens is 354 g/mol. The van der Waals surface area contributed by atoms with Crippen molar-refractivity contribution in [2.24, 2.45) is 0 Å². The molecule has 0 radical (unpaired) electrons. The maximum atomic E-state index is 12.6. The van der Waals surface area contributed by atoms with Gasteiger partial charge in [-0.1, -0.05) is 12.1 Å². The number of methoxy groups -OCH3 is 1. The predicted octanol–water partition coefficient (Wildman–Crippen LogP) is 3.54. The van der Waals surface area contributed by atoms with Gasteiger partial charge in [0.2, 0.25) is 5.91 Å². The van der Waals surface area contributed by atoms with Gasteiger partial charge < -0.3 is 15.0 Å². The SMILES string of the molecule is COc1ccc([N+](=O)[O-])cc1NC(=O)CN1CCCSc2ccccc21. The van der Waals surface area contributed by atoms with Crippen LogP contribution in [0.1, 0.15) is 6.42 Å². The van der Waals surface area contributed by atoms with Crippen LogP contribution in [0.3, 0.4) is 0 Å². The molecule has 26 heavy (non-hydrogen) atoms. The Morgan fingerprint density at radius 2 is 2.15 bits per heavy atom. The molecule has 1 heterocycles. The number of amides is 1. The number of nitrogens with one attached hydrogen (secondary N) is 1. The molecule has 3 rings (SSSR count). The number of nitrogens with zero attached hydrogens (tertiary/aromatic N) is 2. The average Bonchev–Trinajstić information content (AvgIpc) is 2.84. The number of thioether (sulfide) groups is 1. The molecule has 136 valence electrons. The molecule has 2 aromatic carbocycles. The molecule has 2 aromatic rings. The number of rotatable bonds is 5.